The Bertz CT molecular complexity index is 181. The molecule has 0 aromatic rings. The molecule has 0 atom stereocenters. The van der Waals surface area contributed by atoms with Gasteiger partial charge in [-0.05, 0) is 4.99 Å². The summed E-state index contributed by atoms with van der Waals surface area (Å²) in [5, 5.41) is 8.52. The van der Waals surface area contributed by atoms with E-state index in [9.17, 15) is 0 Å². The molecule has 1 aliphatic rings. The van der Waals surface area contributed by atoms with Gasteiger partial charge in [0.05, 0.1) is 0 Å². The zero-order valence-corrected chi connectivity index (χ0v) is 5.33. The van der Waals surface area contributed by atoms with E-state index >= 15 is 0 Å². The normalized spacial score (nSPS) is 15.8. The second-order valence-corrected chi connectivity index (χ2v) is 1.79. The Labute approximate surface area is 53.5 Å². The summed E-state index contributed by atoms with van der Waals surface area (Å²) in [7, 11) is 0. The largest absolute Gasteiger partial charge is 0.415 e. The third-order valence-corrected chi connectivity index (χ3v) is 1.14. The fraction of sp³-hybridized carbons (Fsp3) is 0.500. The van der Waals surface area contributed by atoms with Crippen LogP contribution in [0.1, 0.15) is 13.3 Å². The Morgan fingerprint density at radius 1 is 1.78 bits per heavy atom. The predicted octanol–water partition coefficient (Wildman–Crippen LogP) is -0.620. The Balaban J connectivity index is 2.78. The predicted molar refractivity (Wildman–Crippen MR) is 38.0 cm³/mol. The van der Waals surface area contributed by atoms with Crippen molar-refractivity contribution in [2.45, 2.75) is 13.3 Å². The fourth-order valence-corrected chi connectivity index (χ4v) is 0.619. The van der Waals surface area contributed by atoms with E-state index in [-0.39, 0.29) is 6.61 Å². The van der Waals surface area contributed by atoms with Gasteiger partial charge in [0.1, 0.15) is 0 Å². The van der Waals surface area contributed by atoms with Crippen LogP contribution in [0.15, 0.2) is 4.99 Å². The third-order valence-electron chi connectivity index (χ3n) is 1.14. The van der Waals surface area contributed by atoms with Gasteiger partial charge in [-0.3, -0.25) is 0 Å². The first kappa shape index (κ1) is 6.20. The maximum Gasteiger partial charge on any atom is 0.415 e. The Kier molecular flexibility index (Phi) is 1.78. The highest BCUT2D eigenvalue weighted by molar-refractivity contribution is 6.35. The van der Waals surface area contributed by atoms with Crippen LogP contribution in [0.5, 0.6) is 0 Å². The summed E-state index contributed by atoms with van der Waals surface area (Å²) < 4.78 is 3.99. The number of nitrogens with zero attached hydrogens (tertiary/aromatic N) is 2. The van der Waals surface area contributed by atoms with Gasteiger partial charge in [-0.1, -0.05) is 6.92 Å². The van der Waals surface area contributed by atoms with Crippen molar-refractivity contribution in [3.8, 4) is 0 Å². The van der Waals surface area contributed by atoms with E-state index in [4.69, 9.17) is 5.11 Å². The van der Waals surface area contributed by atoms with E-state index in [1.54, 1.807) is 6.21 Å². The Hall–Kier alpha value is -0.920. The van der Waals surface area contributed by atoms with Crippen molar-refractivity contribution in [3.63, 3.8) is 0 Å². The molecule has 48 valence electrons. The topological polar surface area (TPSA) is 46.7 Å². The fourth-order valence-electron chi connectivity index (χ4n) is 0.619. The minimum absolute atomic E-state index is 0.0556. The second-order valence-electron chi connectivity index (χ2n) is 1.79. The molecule has 0 saturated heterocycles. The molecule has 3 nitrogen and oxygen atoms in total. The zero-order valence-electron chi connectivity index (χ0n) is 5.33. The van der Waals surface area contributed by atoms with Crippen LogP contribution in [0, 0.1) is 0 Å². The molecule has 0 unspecified atom stereocenters. The van der Waals surface area contributed by atoms with Crippen molar-refractivity contribution < 1.29 is 5.11 Å². The van der Waals surface area contributed by atoms with Crippen molar-refractivity contribution in [1.82, 2.24) is 4.67 Å². The molecule has 0 spiro atoms. The van der Waals surface area contributed by atoms with Crippen molar-refractivity contribution in [1.29, 1.82) is 0 Å². The first-order valence-electron chi connectivity index (χ1n) is 2.95. The third kappa shape index (κ3) is 1.25. The summed E-state index contributed by atoms with van der Waals surface area (Å²) in [5.74, 6) is 0.520. The first-order valence-corrected chi connectivity index (χ1v) is 2.95. The van der Waals surface area contributed by atoms with Gasteiger partial charge in [-0.25, -0.2) is 4.67 Å². The number of aliphatic hydroxyl groups is 1. The molecule has 0 aromatic carbocycles. The average molecular weight is 125 g/mol. The van der Waals surface area contributed by atoms with Gasteiger partial charge in [0.25, 0.3) is 0 Å². The number of aliphatic hydroxyl groups excluding tert-OH is 1. The molecular formula is C6H9N2O+. The standard InChI is InChI=1S/C6H9N2O/c1-2-5-3-7-6(4-9)8-5/h3,9H,2,4H2,1H3/q+1. The molecule has 1 aliphatic heterocycles. The van der Waals surface area contributed by atoms with Crippen LogP contribution in [-0.2, 0) is 0 Å². The summed E-state index contributed by atoms with van der Waals surface area (Å²) >= 11 is 0. The average Bonchev–Trinajstić information content (AvgIpc) is 2.34. The van der Waals surface area contributed by atoms with Crippen LogP contribution in [0.2, 0.25) is 0 Å². The molecule has 1 heterocycles. The van der Waals surface area contributed by atoms with Crippen molar-refractivity contribution >= 4 is 17.8 Å². The van der Waals surface area contributed by atoms with Gasteiger partial charge < -0.3 is 5.11 Å². The van der Waals surface area contributed by atoms with E-state index in [1.165, 1.54) is 0 Å². The molecule has 1 rings (SSSR count). The number of hydrogen-bond acceptors (Lipinski definition) is 2. The van der Waals surface area contributed by atoms with Crippen LogP contribution >= 0.6 is 0 Å². The summed E-state index contributed by atoms with van der Waals surface area (Å²) in [6.07, 6.45) is 2.57. The maximum absolute atomic E-state index is 8.52. The summed E-state index contributed by atoms with van der Waals surface area (Å²) in [5.41, 5.74) is 0.944. The van der Waals surface area contributed by atoms with Crippen molar-refractivity contribution in [2.75, 3.05) is 6.61 Å². The van der Waals surface area contributed by atoms with E-state index in [0.29, 0.717) is 5.84 Å². The molecule has 0 bridgehead atoms. The molecule has 3 heteroatoms. The molecule has 0 aliphatic carbocycles. The highest BCUT2D eigenvalue weighted by atomic mass is 16.3. The summed E-state index contributed by atoms with van der Waals surface area (Å²) in [6.45, 7) is 1.95. The number of aliphatic imine (C=N–C) groups is 1. The zero-order chi connectivity index (χ0) is 6.69. The molecular weight excluding hydrogens is 116 g/mol. The summed E-state index contributed by atoms with van der Waals surface area (Å²) in [4.78, 5) is 3.84. The number of rotatable bonds is 2. The highest BCUT2D eigenvalue weighted by Crippen LogP contribution is 1.83. The maximum atomic E-state index is 8.52. The molecule has 0 radical (unpaired) electrons. The van der Waals surface area contributed by atoms with Crippen molar-refractivity contribution in [2.24, 2.45) is 4.99 Å². The van der Waals surface area contributed by atoms with E-state index < -0.39 is 0 Å². The highest BCUT2D eigenvalue weighted by Gasteiger charge is 2.14. The van der Waals surface area contributed by atoms with E-state index in [2.05, 4.69) is 9.66 Å². The van der Waals surface area contributed by atoms with Gasteiger partial charge in [-0.2, -0.15) is 0 Å². The molecule has 0 amide bonds. The summed E-state index contributed by atoms with van der Waals surface area (Å²) in [6, 6.07) is 0. The van der Waals surface area contributed by atoms with Crippen LogP contribution in [0.25, 0.3) is 0 Å². The van der Waals surface area contributed by atoms with Gasteiger partial charge >= 0.3 is 5.84 Å². The number of amidine groups is 1. The lowest BCUT2D eigenvalue weighted by molar-refractivity contribution is 0.356. The Morgan fingerprint density at radius 2 is 2.56 bits per heavy atom. The van der Waals surface area contributed by atoms with Crippen LogP contribution in [-0.4, -0.2) is 29.5 Å². The Morgan fingerprint density at radius 3 is 2.89 bits per heavy atom. The molecule has 0 fully saturated rings. The number of hydrogen-bond donors (Lipinski definition) is 1. The monoisotopic (exact) mass is 125 g/mol. The van der Waals surface area contributed by atoms with Gasteiger partial charge in [0, 0.05) is 6.42 Å². The molecule has 0 saturated carbocycles. The van der Waals surface area contributed by atoms with E-state index in [0.717, 1.165) is 12.1 Å². The van der Waals surface area contributed by atoms with Gasteiger partial charge in [-0.15, -0.1) is 0 Å². The second kappa shape index (κ2) is 2.58. The molecule has 1 N–H and O–H groups in total. The minimum Gasteiger partial charge on any atom is -0.382 e. The smallest absolute Gasteiger partial charge is 0.382 e. The van der Waals surface area contributed by atoms with Crippen LogP contribution < -0.4 is 4.67 Å². The molecule has 0 aromatic heterocycles. The lowest BCUT2D eigenvalue weighted by atomic mass is 10.3. The quantitative estimate of drug-likeness (QED) is 0.491. The van der Waals surface area contributed by atoms with Gasteiger partial charge in [0.2, 0.25) is 5.71 Å². The lowest BCUT2D eigenvalue weighted by Crippen LogP contribution is -2.02. The van der Waals surface area contributed by atoms with Crippen molar-refractivity contribution in [3.05, 3.63) is 0 Å². The van der Waals surface area contributed by atoms with Crippen LogP contribution in [0.3, 0.4) is 0 Å². The van der Waals surface area contributed by atoms with E-state index in [1.807, 2.05) is 6.92 Å². The molecule has 9 heavy (non-hydrogen) atoms. The SMILES string of the molecule is CCC1=[N+]=C(CO)N=C1. The van der Waals surface area contributed by atoms with Crippen LogP contribution in [0.4, 0.5) is 0 Å². The minimum atomic E-state index is -0.0556. The first-order chi connectivity index (χ1) is 4.36. The lowest BCUT2D eigenvalue weighted by Gasteiger charge is -1.68. The van der Waals surface area contributed by atoms with Gasteiger partial charge in [0.15, 0.2) is 12.8 Å².